The van der Waals surface area contributed by atoms with Crippen molar-refractivity contribution in [3.8, 4) is 0 Å². The van der Waals surface area contributed by atoms with Crippen LogP contribution in [0.2, 0.25) is 0 Å². The van der Waals surface area contributed by atoms with Crippen LogP contribution in [0.4, 0.5) is 0 Å². The number of hydrogen-bond acceptors (Lipinski definition) is 3. The van der Waals surface area contributed by atoms with Crippen molar-refractivity contribution in [1.82, 2.24) is 0 Å². The first kappa shape index (κ1) is 15.8. The number of rotatable bonds is 1. The minimum absolute atomic E-state index is 0.410. The summed E-state index contributed by atoms with van der Waals surface area (Å²) in [4.78, 5) is 25.1. The Bertz CT molecular complexity index is 1110. The molecule has 27 heavy (non-hydrogen) atoms. The minimum atomic E-state index is -1.11. The summed E-state index contributed by atoms with van der Waals surface area (Å²) in [6, 6.07) is 25.1. The van der Waals surface area contributed by atoms with Crippen LogP contribution in [0.15, 0.2) is 84.9 Å². The van der Waals surface area contributed by atoms with E-state index in [1.807, 2.05) is 66.7 Å². The van der Waals surface area contributed by atoms with E-state index in [9.17, 15) is 9.59 Å². The second-order valence-corrected chi connectivity index (χ2v) is 6.79. The third-order valence-corrected chi connectivity index (χ3v) is 5.37. The van der Waals surface area contributed by atoms with Gasteiger partial charge in [-0.25, -0.2) is 4.79 Å². The Labute approximate surface area is 156 Å². The van der Waals surface area contributed by atoms with Gasteiger partial charge in [0.1, 0.15) is 0 Å². The van der Waals surface area contributed by atoms with Gasteiger partial charge >= 0.3 is 5.97 Å². The summed E-state index contributed by atoms with van der Waals surface area (Å²) in [7, 11) is 0. The summed E-state index contributed by atoms with van der Waals surface area (Å²) in [5.74, 6) is -1.40. The fourth-order valence-electron chi connectivity index (χ4n) is 4.22. The van der Waals surface area contributed by atoms with Gasteiger partial charge in [-0.1, -0.05) is 84.9 Å². The number of esters is 1. The van der Waals surface area contributed by atoms with E-state index in [-0.39, 0.29) is 0 Å². The van der Waals surface area contributed by atoms with E-state index in [2.05, 4.69) is 6.08 Å². The molecule has 0 amide bonds. The predicted molar refractivity (Wildman–Crippen MR) is 102 cm³/mol. The molecule has 0 fully saturated rings. The van der Waals surface area contributed by atoms with Crippen LogP contribution in [0, 0.1) is 0 Å². The van der Waals surface area contributed by atoms with Gasteiger partial charge < -0.3 is 4.74 Å². The van der Waals surface area contributed by atoms with Gasteiger partial charge in [-0.05, 0) is 17.5 Å². The molecule has 130 valence electrons. The van der Waals surface area contributed by atoms with Crippen LogP contribution >= 0.6 is 0 Å². The molecule has 5 rings (SSSR count). The standard InChI is InChI=1S/C24H16O3/c25-22-18-11-5-7-13-21(18)24(27-23(22)26)19-12-6-4-10-17(19)14-15-20(24)16-8-2-1-3-9-16/h1-13,15H,14H2. The average molecular weight is 352 g/mol. The molecule has 0 bridgehead atoms. The number of ketones is 1. The summed E-state index contributed by atoms with van der Waals surface area (Å²) < 4.78 is 5.99. The second-order valence-electron chi connectivity index (χ2n) is 6.79. The average Bonchev–Trinajstić information content (AvgIpc) is 2.73. The van der Waals surface area contributed by atoms with Crippen LogP contribution in [0.1, 0.15) is 32.6 Å². The zero-order valence-electron chi connectivity index (χ0n) is 14.5. The molecule has 0 N–H and O–H groups in total. The molecule has 3 nitrogen and oxygen atoms in total. The van der Waals surface area contributed by atoms with Crippen molar-refractivity contribution in [2.24, 2.45) is 0 Å². The van der Waals surface area contributed by atoms with Crippen LogP contribution < -0.4 is 0 Å². The summed E-state index contributed by atoms with van der Waals surface area (Å²) in [6.07, 6.45) is 2.85. The Morgan fingerprint density at radius 1 is 0.741 bits per heavy atom. The normalized spacial score (nSPS) is 20.5. The second kappa shape index (κ2) is 5.78. The Hall–Kier alpha value is -3.46. The lowest BCUT2D eigenvalue weighted by Gasteiger charge is -2.43. The van der Waals surface area contributed by atoms with Crippen LogP contribution in [0.5, 0.6) is 0 Å². The molecule has 3 aromatic carbocycles. The molecule has 1 atom stereocenters. The van der Waals surface area contributed by atoms with Gasteiger partial charge in [0.2, 0.25) is 0 Å². The van der Waals surface area contributed by atoms with Crippen molar-refractivity contribution in [2.45, 2.75) is 12.0 Å². The maximum Gasteiger partial charge on any atom is 0.381 e. The number of Topliss-reactive ketones (excluding diaryl/α,β-unsaturated/α-hetero) is 1. The molecule has 0 radical (unpaired) electrons. The van der Waals surface area contributed by atoms with Gasteiger partial charge in [-0.15, -0.1) is 0 Å². The first-order chi connectivity index (χ1) is 13.2. The highest BCUT2D eigenvalue weighted by Crippen LogP contribution is 2.51. The highest BCUT2D eigenvalue weighted by molar-refractivity contribution is 6.42. The topological polar surface area (TPSA) is 43.4 Å². The molecule has 3 heteroatoms. The molecular weight excluding hydrogens is 336 g/mol. The lowest BCUT2D eigenvalue weighted by molar-refractivity contribution is -0.147. The number of carbonyl (C=O) groups is 2. The van der Waals surface area contributed by atoms with Crippen molar-refractivity contribution < 1.29 is 14.3 Å². The summed E-state index contributed by atoms with van der Waals surface area (Å²) in [5.41, 5.74) is 3.90. The molecule has 1 aliphatic heterocycles. The van der Waals surface area contributed by atoms with E-state index < -0.39 is 17.4 Å². The first-order valence-electron chi connectivity index (χ1n) is 8.93. The molecule has 1 spiro atoms. The third-order valence-electron chi connectivity index (χ3n) is 5.37. The van der Waals surface area contributed by atoms with E-state index in [1.165, 1.54) is 0 Å². The third kappa shape index (κ3) is 2.15. The van der Waals surface area contributed by atoms with Gasteiger partial charge in [0, 0.05) is 22.3 Å². The van der Waals surface area contributed by atoms with Crippen LogP contribution in [0.25, 0.3) is 5.57 Å². The Morgan fingerprint density at radius 3 is 2.22 bits per heavy atom. The van der Waals surface area contributed by atoms with E-state index in [0.717, 1.165) is 34.2 Å². The van der Waals surface area contributed by atoms with Gasteiger partial charge in [-0.2, -0.15) is 0 Å². The van der Waals surface area contributed by atoms with Crippen molar-refractivity contribution in [3.63, 3.8) is 0 Å². The Morgan fingerprint density at radius 2 is 1.41 bits per heavy atom. The van der Waals surface area contributed by atoms with Gasteiger partial charge in [0.05, 0.1) is 0 Å². The lowest BCUT2D eigenvalue weighted by Crippen LogP contribution is -2.45. The number of ether oxygens (including phenoxy) is 1. The van der Waals surface area contributed by atoms with Crippen molar-refractivity contribution in [2.75, 3.05) is 0 Å². The number of hydrogen-bond donors (Lipinski definition) is 0. The number of benzene rings is 3. The van der Waals surface area contributed by atoms with Gasteiger partial charge in [0.15, 0.2) is 5.60 Å². The van der Waals surface area contributed by atoms with E-state index in [0.29, 0.717) is 5.56 Å². The van der Waals surface area contributed by atoms with E-state index in [1.54, 1.807) is 12.1 Å². The van der Waals surface area contributed by atoms with Gasteiger partial charge in [0.25, 0.3) is 5.78 Å². The minimum Gasteiger partial charge on any atom is -0.438 e. The fraction of sp³-hybridized carbons (Fsp3) is 0.0833. The molecule has 1 aliphatic carbocycles. The highest BCUT2D eigenvalue weighted by Gasteiger charge is 2.51. The highest BCUT2D eigenvalue weighted by atomic mass is 16.6. The maximum absolute atomic E-state index is 12.6. The summed E-state index contributed by atoms with van der Waals surface area (Å²) in [6.45, 7) is 0. The summed E-state index contributed by atoms with van der Waals surface area (Å²) >= 11 is 0. The largest absolute Gasteiger partial charge is 0.438 e. The number of carbonyl (C=O) groups excluding carboxylic acids is 2. The summed E-state index contributed by atoms with van der Waals surface area (Å²) in [5, 5.41) is 0. The molecular formula is C24H16O3. The van der Waals surface area contributed by atoms with Gasteiger partial charge in [-0.3, -0.25) is 4.79 Å². The zero-order chi connectivity index (χ0) is 18.4. The van der Waals surface area contributed by atoms with E-state index >= 15 is 0 Å². The van der Waals surface area contributed by atoms with Crippen molar-refractivity contribution >= 4 is 17.3 Å². The number of allylic oxidation sites excluding steroid dienone is 1. The molecule has 1 unspecified atom stereocenters. The number of fused-ring (bicyclic) bond motifs is 4. The van der Waals surface area contributed by atoms with Crippen LogP contribution in [-0.4, -0.2) is 11.8 Å². The quantitative estimate of drug-likeness (QED) is 0.484. The van der Waals surface area contributed by atoms with Crippen LogP contribution in [0.3, 0.4) is 0 Å². The van der Waals surface area contributed by atoms with Crippen LogP contribution in [-0.2, 0) is 21.6 Å². The molecule has 0 saturated carbocycles. The molecule has 3 aromatic rings. The molecule has 0 saturated heterocycles. The Balaban J connectivity index is 1.89. The zero-order valence-corrected chi connectivity index (χ0v) is 14.5. The van der Waals surface area contributed by atoms with E-state index in [4.69, 9.17) is 4.74 Å². The SMILES string of the molecule is O=C1OC2(C(c3ccccc3)=CCc3ccccc32)c2ccccc2C1=O. The maximum atomic E-state index is 12.6. The molecule has 0 aromatic heterocycles. The first-order valence-corrected chi connectivity index (χ1v) is 8.93. The lowest BCUT2D eigenvalue weighted by atomic mass is 9.69. The monoisotopic (exact) mass is 352 g/mol. The molecule has 2 aliphatic rings. The molecule has 1 heterocycles. The smallest absolute Gasteiger partial charge is 0.381 e. The van der Waals surface area contributed by atoms with Crippen molar-refractivity contribution in [3.05, 3.63) is 113 Å². The fourth-order valence-corrected chi connectivity index (χ4v) is 4.22. The van der Waals surface area contributed by atoms with Crippen molar-refractivity contribution in [1.29, 1.82) is 0 Å². The Kier molecular flexibility index (Phi) is 3.37. The predicted octanol–water partition coefficient (Wildman–Crippen LogP) is 4.31.